The summed E-state index contributed by atoms with van der Waals surface area (Å²) < 4.78 is 5.39. The van der Waals surface area contributed by atoms with Crippen molar-refractivity contribution in [2.45, 2.75) is 6.92 Å². The molecule has 0 spiro atoms. The molecule has 0 aliphatic carbocycles. The number of hydrogen-bond donors (Lipinski definition) is 2. The van der Waals surface area contributed by atoms with E-state index in [1.807, 2.05) is 0 Å². The predicted molar refractivity (Wildman–Crippen MR) is 92.6 cm³/mol. The maximum absolute atomic E-state index is 11.9. The highest BCUT2D eigenvalue weighted by atomic mass is 79.9. The fourth-order valence-electron chi connectivity index (χ4n) is 2.02. The lowest BCUT2D eigenvalue weighted by Gasteiger charge is -2.10. The molecule has 0 saturated heterocycles. The Hall–Kier alpha value is -2.94. The number of anilines is 1. The van der Waals surface area contributed by atoms with Gasteiger partial charge in [0.15, 0.2) is 6.61 Å². The van der Waals surface area contributed by atoms with Gasteiger partial charge in [0.1, 0.15) is 17.0 Å². The number of ether oxygens (including phenoxy) is 1. The first-order valence-electron chi connectivity index (χ1n) is 6.99. The van der Waals surface area contributed by atoms with Crippen LogP contribution in [-0.4, -0.2) is 28.5 Å². The van der Waals surface area contributed by atoms with Crippen molar-refractivity contribution < 1.29 is 24.4 Å². The highest BCUT2D eigenvalue weighted by Crippen LogP contribution is 2.27. The standard InChI is InChI=1S/C16H13BrN2O6/c1-9-3-2-4-12(19(23)24)15(9)18-14(21)8-25-16(22)11-7-10(17)5-6-13(11)20/h2-7,20H,8H2,1H3,(H,18,21). The molecule has 0 fully saturated rings. The third-order valence-electron chi connectivity index (χ3n) is 3.22. The van der Waals surface area contributed by atoms with Crippen molar-refractivity contribution >= 4 is 39.2 Å². The van der Waals surface area contributed by atoms with Crippen molar-refractivity contribution in [3.05, 3.63) is 62.1 Å². The Kier molecular flexibility index (Phi) is 5.71. The average Bonchev–Trinajstić information content (AvgIpc) is 2.56. The van der Waals surface area contributed by atoms with Gasteiger partial charge in [-0.05, 0) is 30.7 Å². The Bertz CT molecular complexity index is 853. The normalized spacial score (nSPS) is 10.2. The zero-order valence-corrected chi connectivity index (χ0v) is 14.6. The zero-order valence-electron chi connectivity index (χ0n) is 13.0. The Morgan fingerprint density at radius 1 is 1.32 bits per heavy atom. The number of amides is 1. The van der Waals surface area contributed by atoms with E-state index in [2.05, 4.69) is 21.2 Å². The molecule has 25 heavy (non-hydrogen) atoms. The number of para-hydroxylation sites is 1. The number of nitro groups is 1. The molecule has 8 nitrogen and oxygen atoms in total. The first-order chi connectivity index (χ1) is 11.8. The topological polar surface area (TPSA) is 119 Å². The molecule has 0 aliphatic rings. The number of nitro benzene ring substituents is 1. The molecule has 0 aliphatic heterocycles. The lowest BCUT2D eigenvalue weighted by molar-refractivity contribution is -0.384. The molecule has 1 amide bonds. The quantitative estimate of drug-likeness (QED) is 0.445. The van der Waals surface area contributed by atoms with Gasteiger partial charge in [0, 0.05) is 10.5 Å². The first kappa shape index (κ1) is 18.4. The third kappa shape index (κ3) is 4.54. The fraction of sp³-hybridized carbons (Fsp3) is 0.125. The minimum Gasteiger partial charge on any atom is -0.507 e. The van der Waals surface area contributed by atoms with Gasteiger partial charge < -0.3 is 15.2 Å². The number of nitrogens with one attached hydrogen (secondary N) is 1. The molecule has 0 heterocycles. The van der Waals surface area contributed by atoms with Crippen molar-refractivity contribution in [3.63, 3.8) is 0 Å². The summed E-state index contributed by atoms with van der Waals surface area (Å²) in [6.07, 6.45) is 0. The summed E-state index contributed by atoms with van der Waals surface area (Å²) in [5.74, 6) is -1.92. The van der Waals surface area contributed by atoms with Gasteiger partial charge in [-0.25, -0.2) is 4.79 Å². The Labute approximate surface area is 150 Å². The maximum atomic E-state index is 11.9. The second-order valence-corrected chi connectivity index (χ2v) is 5.93. The van der Waals surface area contributed by atoms with E-state index in [0.29, 0.717) is 10.0 Å². The molecular weight excluding hydrogens is 396 g/mol. The molecule has 0 saturated carbocycles. The maximum Gasteiger partial charge on any atom is 0.342 e. The van der Waals surface area contributed by atoms with Gasteiger partial charge in [-0.15, -0.1) is 0 Å². The Balaban J connectivity index is 2.06. The average molecular weight is 409 g/mol. The highest BCUT2D eigenvalue weighted by molar-refractivity contribution is 9.10. The molecule has 2 aromatic rings. The van der Waals surface area contributed by atoms with Crippen LogP contribution in [0.15, 0.2) is 40.9 Å². The molecule has 0 bridgehead atoms. The molecule has 0 radical (unpaired) electrons. The van der Waals surface area contributed by atoms with Crippen LogP contribution in [0, 0.1) is 17.0 Å². The number of aryl methyl sites for hydroxylation is 1. The van der Waals surface area contributed by atoms with Crippen LogP contribution >= 0.6 is 15.9 Å². The van der Waals surface area contributed by atoms with E-state index in [4.69, 9.17) is 4.74 Å². The van der Waals surface area contributed by atoms with Crippen LogP contribution in [0.2, 0.25) is 0 Å². The van der Waals surface area contributed by atoms with E-state index < -0.39 is 23.4 Å². The number of halogens is 1. The van der Waals surface area contributed by atoms with Gasteiger partial charge in [-0.3, -0.25) is 14.9 Å². The minimum absolute atomic E-state index is 0.0406. The highest BCUT2D eigenvalue weighted by Gasteiger charge is 2.19. The number of nitrogens with zero attached hydrogens (tertiary/aromatic N) is 1. The van der Waals surface area contributed by atoms with Crippen LogP contribution in [0.1, 0.15) is 15.9 Å². The number of esters is 1. The molecule has 0 atom stereocenters. The minimum atomic E-state index is -0.895. The Morgan fingerprint density at radius 2 is 2.04 bits per heavy atom. The number of carbonyl (C=O) groups excluding carboxylic acids is 2. The first-order valence-corrected chi connectivity index (χ1v) is 7.78. The molecule has 2 aromatic carbocycles. The van der Waals surface area contributed by atoms with Crippen molar-refractivity contribution in [2.75, 3.05) is 11.9 Å². The van der Waals surface area contributed by atoms with E-state index in [-0.39, 0.29) is 22.7 Å². The van der Waals surface area contributed by atoms with Crippen LogP contribution in [0.3, 0.4) is 0 Å². The van der Waals surface area contributed by atoms with E-state index in [0.717, 1.165) is 0 Å². The second-order valence-electron chi connectivity index (χ2n) is 5.01. The van der Waals surface area contributed by atoms with Crippen LogP contribution in [-0.2, 0) is 9.53 Å². The van der Waals surface area contributed by atoms with Gasteiger partial charge in [-0.2, -0.15) is 0 Å². The summed E-state index contributed by atoms with van der Waals surface area (Å²) >= 11 is 3.16. The number of phenols is 1. The largest absolute Gasteiger partial charge is 0.507 e. The fourth-order valence-corrected chi connectivity index (χ4v) is 2.38. The number of phenolic OH excluding ortho intramolecular Hbond substituents is 1. The van der Waals surface area contributed by atoms with Crippen molar-refractivity contribution in [1.29, 1.82) is 0 Å². The number of hydrogen-bond acceptors (Lipinski definition) is 6. The smallest absolute Gasteiger partial charge is 0.342 e. The number of aromatic hydroxyl groups is 1. The van der Waals surface area contributed by atoms with E-state index >= 15 is 0 Å². The van der Waals surface area contributed by atoms with Gasteiger partial charge in [0.25, 0.3) is 11.6 Å². The zero-order chi connectivity index (χ0) is 18.6. The van der Waals surface area contributed by atoms with E-state index in [9.17, 15) is 24.8 Å². The van der Waals surface area contributed by atoms with Crippen LogP contribution in [0.5, 0.6) is 5.75 Å². The molecule has 130 valence electrons. The summed E-state index contributed by atoms with van der Waals surface area (Å²) in [5.41, 5.74) is 0.172. The number of benzene rings is 2. The van der Waals surface area contributed by atoms with Gasteiger partial charge in [0.05, 0.1) is 4.92 Å². The summed E-state index contributed by atoms with van der Waals surface area (Å²) in [5, 5.41) is 23.0. The van der Waals surface area contributed by atoms with Gasteiger partial charge in [-0.1, -0.05) is 28.1 Å². The summed E-state index contributed by atoms with van der Waals surface area (Å²) in [7, 11) is 0. The van der Waals surface area contributed by atoms with Gasteiger partial charge >= 0.3 is 5.97 Å². The lowest BCUT2D eigenvalue weighted by atomic mass is 10.1. The molecule has 2 rings (SSSR count). The molecule has 2 N–H and O–H groups in total. The lowest BCUT2D eigenvalue weighted by Crippen LogP contribution is -2.22. The summed E-state index contributed by atoms with van der Waals surface area (Å²) in [4.78, 5) is 34.3. The van der Waals surface area contributed by atoms with Crippen molar-refractivity contribution in [1.82, 2.24) is 0 Å². The molecule has 0 unspecified atom stereocenters. The van der Waals surface area contributed by atoms with Gasteiger partial charge in [0.2, 0.25) is 0 Å². The second kappa shape index (κ2) is 7.75. The summed E-state index contributed by atoms with van der Waals surface area (Å²) in [6, 6.07) is 8.55. The number of rotatable bonds is 5. The van der Waals surface area contributed by atoms with Crippen molar-refractivity contribution in [2.24, 2.45) is 0 Å². The van der Waals surface area contributed by atoms with E-state index in [1.165, 1.54) is 30.3 Å². The predicted octanol–water partition coefficient (Wildman–Crippen LogP) is 3.17. The summed E-state index contributed by atoms with van der Waals surface area (Å²) in [6.45, 7) is 0.949. The van der Waals surface area contributed by atoms with Crippen LogP contribution in [0.25, 0.3) is 0 Å². The van der Waals surface area contributed by atoms with E-state index in [1.54, 1.807) is 13.0 Å². The molecule has 9 heteroatoms. The molecular formula is C16H13BrN2O6. The molecule has 0 aromatic heterocycles. The van der Waals surface area contributed by atoms with Crippen molar-refractivity contribution in [3.8, 4) is 5.75 Å². The Morgan fingerprint density at radius 3 is 2.72 bits per heavy atom. The van der Waals surface area contributed by atoms with Crippen LogP contribution < -0.4 is 5.32 Å². The SMILES string of the molecule is Cc1cccc([N+](=O)[O-])c1NC(=O)COC(=O)c1cc(Br)ccc1O. The van der Waals surface area contributed by atoms with Crippen LogP contribution in [0.4, 0.5) is 11.4 Å². The number of carbonyl (C=O) groups is 2. The monoisotopic (exact) mass is 408 g/mol. The third-order valence-corrected chi connectivity index (χ3v) is 3.72.